The van der Waals surface area contributed by atoms with Gasteiger partial charge in [0.15, 0.2) is 12.2 Å². The van der Waals surface area contributed by atoms with E-state index in [-0.39, 0.29) is 18.3 Å². The molecule has 12 nitrogen and oxygen atoms in total. The van der Waals surface area contributed by atoms with Gasteiger partial charge in [-0.25, -0.2) is 0 Å². The molecule has 0 unspecified atom stereocenters. The monoisotopic (exact) mass is 481 g/mol. The van der Waals surface area contributed by atoms with Crippen LogP contribution in [0.4, 0.5) is 5.69 Å². The number of carbonyl (C=O) groups is 5. The zero-order chi connectivity index (χ0) is 25.4. The summed E-state index contributed by atoms with van der Waals surface area (Å²) < 4.78 is 32.8. The molecule has 1 aliphatic heterocycles. The van der Waals surface area contributed by atoms with Gasteiger partial charge in [0.25, 0.3) is 0 Å². The molecule has 0 bridgehead atoms. The summed E-state index contributed by atoms with van der Waals surface area (Å²) in [5.74, 6) is -3.10. The molecule has 1 aromatic carbocycles. The lowest BCUT2D eigenvalue weighted by Gasteiger charge is -2.44. The van der Waals surface area contributed by atoms with Crippen LogP contribution in [-0.2, 0) is 47.7 Å². The first-order chi connectivity index (χ1) is 16.0. The van der Waals surface area contributed by atoms with Crippen LogP contribution in [0.25, 0.3) is 0 Å². The van der Waals surface area contributed by atoms with Gasteiger partial charge in [0.2, 0.25) is 18.3 Å². The number of para-hydroxylation sites is 2. The van der Waals surface area contributed by atoms with Crippen molar-refractivity contribution >= 4 is 35.5 Å². The van der Waals surface area contributed by atoms with Crippen molar-refractivity contribution in [3.05, 3.63) is 24.3 Å². The van der Waals surface area contributed by atoms with E-state index in [0.717, 1.165) is 20.8 Å². The van der Waals surface area contributed by atoms with E-state index in [1.165, 1.54) is 19.9 Å². The Balaban J connectivity index is 2.50. The van der Waals surface area contributed by atoms with E-state index in [1.807, 2.05) is 0 Å². The van der Waals surface area contributed by atoms with Crippen LogP contribution in [0.3, 0.4) is 0 Å². The quantitative estimate of drug-likeness (QED) is 0.419. The molecule has 0 aliphatic carbocycles. The Labute approximate surface area is 195 Å². The highest BCUT2D eigenvalue weighted by molar-refractivity contribution is 5.90. The Morgan fingerprint density at radius 2 is 1.35 bits per heavy atom. The van der Waals surface area contributed by atoms with Gasteiger partial charge in [-0.15, -0.1) is 0 Å². The highest BCUT2D eigenvalue weighted by Gasteiger charge is 2.53. The molecule has 0 saturated carbocycles. The SMILES string of the molecule is CC(=O)Nc1ccccc1O[C@H]1O[C@H](COC(C)=O)[C@@H](OC(C)=O)[C@H](OC(C)=O)[C@@H]1OC(C)=O. The molecule has 1 aromatic rings. The van der Waals surface area contributed by atoms with Crippen LogP contribution in [0.5, 0.6) is 5.75 Å². The molecular weight excluding hydrogens is 454 g/mol. The van der Waals surface area contributed by atoms with Gasteiger partial charge in [-0.2, -0.15) is 0 Å². The van der Waals surface area contributed by atoms with Crippen LogP contribution < -0.4 is 10.1 Å². The lowest BCUT2D eigenvalue weighted by Crippen LogP contribution is -2.63. The van der Waals surface area contributed by atoms with Gasteiger partial charge in [0.05, 0.1) is 5.69 Å². The number of amides is 1. The van der Waals surface area contributed by atoms with Crippen molar-refractivity contribution in [2.45, 2.75) is 65.3 Å². The van der Waals surface area contributed by atoms with Crippen LogP contribution in [0.1, 0.15) is 34.6 Å². The minimum absolute atomic E-state index is 0.151. The van der Waals surface area contributed by atoms with Crippen molar-refractivity contribution in [3.63, 3.8) is 0 Å². The van der Waals surface area contributed by atoms with Gasteiger partial charge in [-0.1, -0.05) is 12.1 Å². The second-order valence-corrected chi connectivity index (χ2v) is 7.36. The maximum atomic E-state index is 11.9. The van der Waals surface area contributed by atoms with Gasteiger partial charge < -0.3 is 33.7 Å². The molecule has 1 aliphatic rings. The van der Waals surface area contributed by atoms with Crippen LogP contribution in [0.15, 0.2) is 24.3 Å². The first-order valence-electron chi connectivity index (χ1n) is 10.3. The highest BCUT2D eigenvalue weighted by Crippen LogP contribution is 2.33. The second-order valence-electron chi connectivity index (χ2n) is 7.36. The minimum Gasteiger partial charge on any atom is -0.463 e. The largest absolute Gasteiger partial charge is 0.463 e. The van der Waals surface area contributed by atoms with E-state index >= 15 is 0 Å². The molecule has 34 heavy (non-hydrogen) atoms. The van der Waals surface area contributed by atoms with Crippen LogP contribution >= 0.6 is 0 Å². The molecule has 0 aromatic heterocycles. The van der Waals surface area contributed by atoms with Gasteiger partial charge >= 0.3 is 23.9 Å². The molecule has 1 saturated heterocycles. The Morgan fingerprint density at radius 1 is 0.794 bits per heavy atom. The molecule has 2 rings (SSSR count). The number of rotatable bonds is 8. The van der Waals surface area contributed by atoms with Crippen molar-refractivity contribution in [2.24, 2.45) is 0 Å². The fourth-order valence-corrected chi connectivity index (χ4v) is 3.27. The number of nitrogens with one attached hydrogen (secondary N) is 1. The van der Waals surface area contributed by atoms with Crippen LogP contribution in [0, 0.1) is 0 Å². The van der Waals surface area contributed by atoms with E-state index < -0.39 is 54.6 Å². The summed E-state index contributed by atoms with van der Waals surface area (Å²) in [7, 11) is 0. The lowest BCUT2D eigenvalue weighted by atomic mass is 9.98. The molecule has 1 heterocycles. The number of benzene rings is 1. The number of hydrogen-bond acceptors (Lipinski definition) is 11. The summed E-state index contributed by atoms with van der Waals surface area (Å²) in [5, 5.41) is 2.60. The van der Waals surface area contributed by atoms with Crippen molar-refractivity contribution in [1.29, 1.82) is 0 Å². The third-order valence-electron chi connectivity index (χ3n) is 4.39. The maximum Gasteiger partial charge on any atom is 0.303 e. The predicted molar refractivity (Wildman–Crippen MR) is 113 cm³/mol. The summed E-state index contributed by atoms with van der Waals surface area (Å²) >= 11 is 0. The first-order valence-corrected chi connectivity index (χ1v) is 10.3. The molecule has 0 spiro atoms. The normalized spacial score (nSPS) is 23.7. The molecule has 1 N–H and O–H groups in total. The number of hydrogen-bond donors (Lipinski definition) is 1. The molecule has 1 amide bonds. The molecule has 1 fully saturated rings. The zero-order valence-electron chi connectivity index (χ0n) is 19.4. The van der Waals surface area contributed by atoms with Gasteiger partial charge in [-0.05, 0) is 12.1 Å². The Hall–Kier alpha value is -3.67. The Morgan fingerprint density at radius 3 is 1.91 bits per heavy atom. The molecule has 0 radical (unpaired) electrons. The number of carbonyl (C=O) groups excluding carboxylic acids is 5. The average Bonchev–Trinajstić information content (AvgIpc) is 2.71. The molecule has 12 heteroatoms. The Kier molecular flexibility index (Phi) is 9.36. The zero-order valence-corrected chi connectivity index (χ0v) is 19.4. The number of anilines is 1. The number of esters is 4. The van der Waals surface area contributed by atoms with Crippen LogP contribution in [-0.4, -0.2) is 67.1 Å². The van der Waals surface area contributed by atoms with Crippen LogP contribution in [0.2, 0.25) is 0 Å². The summed E-state index contributed by atoms with van der Waals surface area (Å²) in [6, 6.07) is 6.39. The summed E-state index contributed by atoms with van der Waals surface area (Å²) in [4.78, 5) is 58.5. The van der Waals surface area contributed by atoms with Crippen molar-refractivity contribution < 1.29 is 52.4 Å². The van der Waals surface area contributed by atoms with Crippen molar-refractivity contribution in [2.75, 3.05) is 11.9 Å². The third-order valence-corrected chi connectivity index (χ3v) is 4.39. The average molecular weight is 481 g/mol. The maximum absolute atomic E-state index is 11.9. The minimum atomic E-state index is -1.41. The van der Waals surface area contributed by atoms with E-state index in [9.17, 15) is 24.0 Å². The van der Waals surface area contributed by atoms with E-state index in [2.05, 4.69) is 5.32 Å². The third kappa shape index (κ3) is 7.73. The summed E-state index contributed by atoms with van der Waals surface area (Å²) in [6.45, 7) is 5.47. The van der Waals surface area contributed by atoms with E-state index in [1.54, 1.807) is 18.2 Å². The summed E-state index contributed by atoms with van der Waals surface area (Å²) in [5.41, 5.74) is 0.294. The van der Waals surface area contributed by atoms with Crippen molar-refractivity contribution in [3.8, 4) is 5.75 Å². The predicted octanol–water partition coefficient (Wildman–Crippen LogP) is 1.11. The topological polar surface area (TPSA) is 153 Å². The van der Waals surface area contributed by atoms with Gasteiger partial charge in [0.1, 0.15) is 18.5 Å². The molecule has 186 valence electrons. The van der Waals surface area contributed by atoms with Gasteiger partial charge in [0, 0.05) is 34.6 Å². The smallest absolute Gasteiger partial charge is 0.303 e. The van der Waals surface area contributed by atoms with E-state index in [4.69, 9.17) is 28.4 Å². The summed E-state index contributed by atoms with van der Waals surface area (Å²) in [6.07, 6.45) is -6.60. The molecule has 5 atom stereocenters. The van der Waals surface area contributed by atoms with Crippen molar-refractivity contribution in [1.82, 2.24) is 0 Å². The van der Waals surface area contributed by atoms with Gasteiger partial charge in [-0.3, -0.25) is 24.0 Å². The highest BCUT2D eigenvalue weighted by atomic mass is 16.7. The lowest BCUT2D eigenvalue weighted by molar-refractivity contribution is -0.288. The fraction of sp³-hybridized carbons (Fsp3) is 0.500. The standard InChI is InChI=1S/C22H27NO11/c1-11(24)23-16-8-6-7-9-17(16)33-22-21(32-15(5)28)20(31-14(4)27)19(30-13(3)26)18(34-22)10-29-12(2)25/h6-9,18-22H,10H2,1-5H3,(H,23,24)/t18-,19-,20+,21+,22+/m1/s1. The van der Waals surface area contributed by atoms with E-state index in [0.29, 0.717) is 5.69 Å². The first kappa shape index (κ1) is 26.6. The molecular formula is C22H27NO11. The Bertz CT molecular complexity index is 931. The number of ether oxygens (including phenoxy) is 6. The second kappa shape index (κ2) is 12.0. The fourth-order valence-electron chi connectivity index (χ4n) is 3.27.